The lowest BCUT2D eigenvalue weighted by molar-refractivity contribution is -0.137. The van der Waals surface area contributed by atoms with Crippen LogP contribution in [0.5, 0.6) is 11.5 Å². The van der Waals surface area contributed by atoms with Crippen LogP contribution in [0.15, 0.2) is 53.6 Å². The molecule has 0 saturated heterocycles. The second-order valence-corrected chi connectivity index (χ2v) is 6.63. The second-order valence-electron chi connectivity index (χ2n) is 5.00. The SMILES string of the molecule is O=c1c(Cl)c(Oc2cccc(I)c2)cnn1-c1ccc(C(F)(F)F)cn1. The minimum Gasteiger partial charge on any atom is -0.454 e. The summed E-state index contributed by atoms with van der Waals surface area (Å²) in [4.78, 5) is 16.0. The lowest BCUT2D eigenvalue weighted by atomic mass is 10.3. The number of hydrogen-bond acceptors (Lipinski definition) is 4. The van der Waals surface area contributed by atoms with Crippen molar-refractivity contribution in [1.82, 2.24) is 14.8 Å². The second kappa shape index (κ2) is 7.23. The van der Waals surface area contributed by atoms with E-state index in [0.717, 1.165) is 20.4 Å². The van der Waals surface area contributed by atoms with E-state index in [2.05, 4.69) is 32.7 Å². The van der Waals surface area contributed by atoms with Crippen molar-refractivity contribution in [1.29, 1.82) is 0 Å². The number of pyridine rings is 1. The molecule has 0 amide bonds. The average Bonchev–Trinajstić information content (AvgIpc) is 2.59. The van der Waals surface area contributed by atoms with Gasteiger partial charge in [-0.2, -0.15) is 23.0 Å². The van der Waals surface area contributed by atoms with Gasteiger partial charge in [0.15, 0.2) is 16.6 Å². The quantitative estimate of drug-likeness (QED) is 0.497. The maximum Gasteiger partial charge on any atom is 0.417 e. The van der Waals surface area contributed by atoms with Gasteiger partial charge in [-0.1, -0.05) is 17.7 Å². The van der Waals surface area contributed by atoms with E-state index < -0.39 is 17.3 Å². The molecule has 5 nitrogen and oxygen atoms in total. The molecule has 0 unspecified atom stereocenters. The number of benzene rings is 1. The molecule has 134 valence electrons. The zero-order chi connectivity index (χ0) is 18.9. The first-order valence-electron chi connectivity index (χ1n) is 7.00. The Kier molecular flexibility index (Phi) is 5.19. The molecule has 0 radical (unpaired) electrons. The molecule has 26 heavy (non-hydrogen) atoms. The largest absolute Gasteiger partial charge is 0.454 e. The van der Waals surface area contributed by atoms with Crippen molar-refractivity contribution < 1.29 is 17.9 Å². The Bertz CT molecular complexity index is 1010. The Balaban J connectivity index is 1.94. The third-order valence-corrected chi connectivity index (χ3v) is 4.22. The van der Waals surface area contributed by atoms with E-state index in [-0.39, 0.29) is 16.6 Å². The standard InChI is InChI=1S/C16H8ClF3IN3O2/c17-14-12(26-11-3-1-2-10(21)6-11)8-23-24(15(14)25)13-5-4-9(7-22-13)16(18,19)20/h1-8H. The molecule has 2 heterocycles. The monoisotopic (exact) mass is 493 g/mol. The van der Waals surface area contributed by atoms with Crippen LogP contribution in [0, 0.1) is 3.57 Å². The molecule has 0 N–H and O–H groups in total. The van der Waals surface area contributed by atoms with Gasteiger partial charge in [0.2, 0.25) is 0 Å². The first kappa shape index (κ1) is 18.6. The van der Waals surface area contributed by atoms with E-state index in [0.29, 0.717) is 11.9 Å². The summed E-state index contributed by atoms with van der Waals surface area (Å²) < 4.78 is 45.0. The highest BCUT2D eigenvalue weighted by atomic mass is 127. The summed E-state index contributed by atoms with van der Waals surface area (Å²) in [7, 11) is 0. The molecule has 0 bridgehead atoms. The summed E-state index contributed by atoms with van der Waals surface area (Å²) >= 11 is 8.14. The Morgan fingerprint density at radius 3 is 2.54 bits per heavy atom. The Hall–Kier alpha value is -2.14. The van der Waals surface area contributed by atoms with Gasteiger partial charge in [0.1, 0.15) is 5.75 Å². The van der Waals surface area contributed by atoms with Crippen molar-refractivity contribution in [2.24, 2.45) is 0 Å². The fourth-order valence-electron chi connectivity index (χ4n) is 1.99. The normalized spacial score (nSPS) is 11.4. The fourth-order valence-corrected chi connectivity index (χ4v) is 2.67. The van der Waals surface area contributed by atoms with Gasteiger partial charge in [-0.3, -0.25) is 4.79 Å². The number of ether oxygens (including phenoxy) is 1. The van der Waals surface area contributed by atoms with Gasteiger partial charge in [0, 0.05) is 9.77 Å². The van der Waals surface area contributed by atoms with Gasteiger partial charge in [-0.25, -0.2) is 4.98 Å². The van der Waals surface area contributed by atoms with Crippen LogP contribution in [-0.2, 0) is 6.18 Å². The van der Waals surface area contributed by atoms with Crippen molar-refractivity contribution in [3.63, 3.8) is 0 Å². The molecule has 0 aliphatic carbocycles. The summed E-state index contributed by atoms with van der Waals surface area (Å²) in [5.74, 6) is 0.401. The zero-order valence-corrected chi connectivity index (χ0v) is 15.6. The van der Waals surface area contributed by atoms with Crippen molar-refractivity contribution in [2.45, 2.75) is 6.18 Å². The summed E-state index contributed by atoms with van der Waals surface area (Å²) in [5, 5.41) is 3.61. The minimum atomic E-state index is -4.52. The molecule has 0 spiro atoms. The molecule has 10 heteroatoms. The van der Waals surface area contributed by atoms with Gasteiger partial charge in [-0.05, 0) is 52.9 Å². The molecule has 3 aromatic rings. The maximum atomic E-state index is 12.6. The number of nitrogens with zero attached hydrogens (tertiary/aromatic N) is 3. The number of halogens is 5. The zero-order valence-electron chi connectivity index (χ0n) is 12.7. The number of aromatic nitrogens is 3. The van der Waals surface area contributed by atoms with E-state index >= 15 is 0 Å². The smallest absolute Gasteiger partial charge is 0.417 e. The molecule has 0 aliphatic heterocycles. The molecule has 0 fully saturated rings. The predicted molar refractivity (Wildman–Crippen MR) is 96.9 cm³/mol. The van der Waals surface area contributed by atoms with E-state index in [9.17, 15) is 18.0 Å². The van der Waals surface area contributed by atoms with Gasteiger partial charge < -0.3 is 4.74 Å². The van der Waals surface area contributed by atoms with Gasteiger partial charge in [0.25, 0.3) is 5.56 Å². The number of alkyl halides is 3. The van der Waals surface area contributed by atoms with Crippen LogP contribution in [0.25, 0.3) is 5.82 Å². The van der Waals surface area contributed by atoms with E-state index in [1.807, 2.05) is 6.07 Å². The summed E-state index contributed by atoms with van der Waals surface area (Å²) in [6.45, 7) is 0. The molecular formula is C16H8ClF3IN3O2. The highest BCUT2D eigenvalue weighted by molar-refractivity contribution is 14.1. The van der Waals surface area contributed by atoms with Gasteiger partial charge in [-0.15, -0.1) is 0 Å². The van der Waals surface area contributed by atoms with Crippen molar-refractivity contribution in [3.8, 4) is 17.3 Å². The highest BCUT2D eigenvalue weighted by Gasteiger charge is 2.30. The van der Waals surface area contributed by atoms with Crippen molar-refractivity contribution in [3.05, 3.63) is 73.3 Å². The lowest BCUT2D eigenvalue weighted by Gasteiger charge is -2.10. The Morgan fingerprint density at radius 2 is 1.92 bits per heavy atom. The third kappa shape index (κ3) is 3.98. The number of hydrogen-bond donors (Lipinski definition) is 0. The van der Waals surface area contributed by atoms with Gasteiger partial charge >= 0.3 is 6.18 Å². The fraction of sp³-hybridized carbons (Fsp3) is 0.0625. The Morgan fingerprint density at radius 1 is 1.15 bits per heavy atom. The summed E-state index contributed by atoms with van der Waals surface area (Å²) in [6.07, 6.45) is -2.71. The van der Waals surface area contributed by atoms with Crippen LogP contribution in [0.3, 0.4) is 0 Å². The number of rotatable bonds is 3. The van der Waals surface area contributed by atoms with E-state index in [1.165, 1.54) is 6.20 Å². The van der Waals surface area contributed by atoms with Crippen LogP contribution < -0.4 is 10.3 Å². The molecule has 0 saturated carbocycles. The van der Waals surface area contributed by atoms with Gasteiger partial charge in [0.05, 0.1) is 11.8 Å². The van der Waals surface area contributed by atoms with Crippen LogP contribution in [0.1, 0.15) is 5.56 Å². The first-order valence-corrected chi connectivity index (χ1v) is 8.46. The third-order valence-electron chi connectivity index (χ3n) is 3.20. The predicted octanol–water partition coefficient (Wildman–Crippen LogP) is 4.70. The molecule has 3 rings (SSSR count). The topological polar surface area (TPSA) is 57.0 Å². The summed E-state index contributed by atoms with van der Waals surface area (Å²) in [5.41, 5.74) is -1.69. The molecule has 0 atom stereocenters. The van der Waals surface area contributed by atoms with Crippen LogP contribution >= 0.6 is 34.2 Å². The molecule has 0 aliphatic rings. The van der Waals surface area contributed by atoms with E-state index in [1.54, 1.807) is 18.2 Å². The average molecular weight is 494 g/mol. The Labute approximate surface area is 163 Å². The van der Waals surface area contributed by atoms with Crippen LogP contribution in [0.2, 0.25) is 5.02 Å². The van der Waals surface area contributed by atoms with E-state index in [4.69, 9.17) is 16.3 Å². The maximum absolute atomic E-state index is 12.6. The highest BCUT2D eigenvalue weighted by Crippen LogP contribution is 2.29. The molecule has 2 aromatic heterocycles. The molecular weight excluding hydrogens is 486 g/mol. The lowest BCUT2D eigenvalue weighted by Crippen LogP contribution is -2.23. The van der Waals surface area contributed by atoms with Crippen LogP contribution in [-0.4, -0.2) is 14.8 Å². The minimum absolute atomic E-state index is 0.0295. The molecule has 1 aromatic carbocycles. The van der Waals surface area contributed by atoms with Crippen molar-refractivity contribution in [2.75, 3.05) is 0 Å². The van der Waals surface area contributed by atoms with Crippen LogP contribution in [0.4, 0.5) is 13.2 Å². The summed E-state index contributed by atoms with van der Waals surface area (Å²) in [6, 6.07) is 8.89. The van der Waals surface area contributed by atoms with Crippen molar-refractivity contribution >= 4 is 34.2 Å². The first-order chi connectivity index (χ1) is 12.3.